The monoisotopic (exact) mass is 591 g/mol. The Hall–Kier alpha value is -4.49. The first-order valence-electron chi connectivity index (χ1n) is 12.5. The van der Waals surface area contributed by atoms with Crippen LogP contribution in [-0.2, 0) is 9.53 Å². The molecule has 0 fully saturated rings. The summed E-state index contributed by atoms with van der Waals surface area (Å²) in [6, 6.07) is 14.1. The van der Waals surface area contributed by atoms with Gasteiger partial charge in [0.15, 0.2) is 10.9 Å². The number of benzene rings is 2. The van der Waals surface area contributed by atoms with E-state index in [2.05, 4.69) is 15.5 Å². The molecule has 3 aromatic heterocycles. The highest BCUT2D eigenvalue weighted by Gasteiger charge is 2.26. The molecule has 0 radical (unpaired) electrons. The van der Waals surface area contributed by atoms with Crippen LogP contribution < -0.4 is 15.6 Å². The molecule has 5 aromatic rings. The molecule has 0 unspecified atom stereocenters. The van der Waals surface area contributed by atoms with E-state index in [1.165, 1.54) is 11.5 Å². The molecule has 0 aliphatic rings. The van der Waals surface area contributed by atoms with Crippen molar-refractivity contribution in [3.8, 4) is 11.4 Å². The first-order chi connectivity index (χ1) is 19.7. The van der Waals surface area contributed by atoms with Gasteiger partial charge in [-0.3, -0.25) is 18.8 Å². The van der Waals surface area contributed by atoms with E-state index in [9.17, 15) is 19.2 Å². The largest absolute Gasteiger partial charge is 0.497 e. The first kappa shape index (κ1) is 28.1. The van der Waals surface area contributed by atoms with E-state index < -0.39 is 11.9 Å². The number of rotatable bonds is 9. The van der Waals surface area contributed by atoms with Crippen molar-refractivity contribution in [2.75, 3.05) is 24.8 Å². The van der Waals surface area contributed by atoms with Crippen molar-refractivity contribution in [2.45, 2.75) is 25.9 Å². The first-order valence-corrected chi connectivity index (χ1v) is 14.3. The molecule has 0 aliphatic carbocycles. The lowest BCUT2D eigenvalue weighted by atomic mass is 10.1. The van der Waals surface area contributed by atoms with Crippen LogP contribution in [0, 0.1) is 6.92 Å². The quantitative estimate of drug-likeness (QED) is 0.149. The Morgan fingerprint density at radius 2 is 1.88 bits per heavy atom. The summed E-state index contributed by atoms with van der Waals surface area (Å²) in [6.45, 7) is 4.89. The molecule has 0 spiro atoms. The molecule has 0 bridgehead atoms. The predicted molar refractivity (Wildman–Crippen MR) is 157 cm³/mol. The van der Waals surface area contributed by atoms with Gasteiger partial charge in [-0.05, 0) is 50.6 Å². The fraction of sp³-hybridized carbons (Fsp3) is 0.214. The van der Waals surface area contributed by atoms with Crippen molar-refractivity contribution in [1.82, 2.24) is 19.2 Å². The zero-order chi connectivity index (χ0) is 29.3. The van der Waals surface area contributed by atoms with E-state index in [-0.39, 0.29) is 40.0 Å². The van der Waals surface area contributed by atoms with Crippen molar-refractivity contribution in [2.24, 2.45) is 0 Å². The maximum absolute atomic E-state index is 13.5. The van der Waals surface area contributed by atoms with Crippen molar-refractivity contribution in [3.63, 3.8) is 0 Å². The van der Waals surface area contributed by atoms with Crippen molar-refractivity contribution in [1.29, 1.82) is 0 Å². The predicted octanol–water partition coefficient (Wildman–Crippen LogP) is 4.52. The number of ketones is 1. The van der Waals surface area contributed by atoms with Gasteiger partial charge in [0.1, 0.15) is 10.8 Å². The molecule has 0 atom stereocenters. The van der Waals surface area contributed by atoms with Gasteiger partial charge in [-0.25, -0.2) is 9.36 Å². The highest BCUT2D eigenvalue weighted by Crippen LogP contribution is 2.34. The average molecular weight is 592 g/mol. The van der Waals surface area contributed by atoms with Gasteiger partial charge in [0.2, 0.25) is 11.7 Å². The van der Waals surface area contributed by atoms with Gasteiger partial charge in [0.25, 0.3) is 5.56 Å². The second kappa shape index (κ2) is 11.6. The minimum absolute atomic E-state index is 0.0813. The topological polar surface area (TPSA) is 134 Å². The van der Waals surface area contributed by atoms with E-state index in [1.807, 2.05) is 0 Å². The lowest BCUT2D eigenvalue weighted by molar-refractivity contribution is -0.113. The summed E-state index contributed by atoms with van der Waals surface area (Å²) in [5.41, 5.74) is 1.50. The maximum atomic E-state index is 13.5. The molecular formula is C28H25N5O6S2. The summed E-state index contributed by atoms with van der Waals surface area (Å²) in [7, 11) is 1.54. The van der Waals surface area contributed by atoms with Crippen LogP contribution in [0.5, 0.6) is 5.75 Å². The number of ether oxygens (including phenoxy) is 2. The van der Waals surface area contributed by atoms with Crippen LogP contribution in [0.4, 0.5) is 5.00 Å². The third-order valence-electron chi connectivity index (χ3n) is 6.24. The molecule has 41 heavy (non-hydrogen) atoms. The summed E-state index contributed by atoms with van der Waals surface area (Å²) in [4.78, 5) is 51.7. The van der Waals surface area contributed by atoms with Crippen LogP contribution in [0.1, 0.15) is 39.4 Å². The number of amides is 1. The number of nitrogens with one attached hydrogen (secondary N) is 1. The smallest absolute Gasteiger partial charge is 0.341 e. The summed E-state index contributed by atoms with van der Waals surface area (Å²) >= 11 is 2.15. The van der Waals surface area contributed by atoms with Crippen LogP contribution in [0.15, 0.2) is 58.5 Å². The molecule has 1 amide bonds. The van der Waals surface area contributed by atoms with Gasteiger partial charge in [0, 0.05) is 6.07 Å². The Morgan fingerprint density at radius 1 is 1.10 bits per heavy atom. The van der Waals surface area contributed by atoms with Gasteiger partial charge >= 0.3 is 5.97 Å². The third kappa shape index (κ3) is 5.21. The Morgan fingerprint density at radius 3 is 2.61 bits per heavy atom. The second-order valence-corrected chi connectivity index (χ2v) is 10.8. The molecule has 3 heterocycles. The Labute approximate surface area is 242 Å². The minimum Gasteiger partial charge on any atom is -0.497 e. The van der Waals surface area contributed by atoms with Gasteiger partial charge in [-0.15, -0.1) is 21.5 Å². The number of para-hydroxylation sites is 1. The molecular weight excluding hydrogens is 566 g/mol. The number of methoxy groups -OCH3 is 1. The average Bonchev–Trinajstić information content (AvgIpc) is 3.53. The zero-order valence-electron chi connectivity index (χ0n) is 22.6. The molecule has 0 aliphatic heterocycles. The fourth-order valence-corrected chi connectivity index (χ4v) is 6.28. The number of aromatic nitrogens is 4. The van der Waals surface area contributed by atoms with Crippen LogP contribution in [0.25, 0.3) is 22.4 Å². The van der Waals surface area contributed by atoms with Crippen LogP contribution >= 0.6 is 23.1 Å². The highest BCUT2D eigenvalue weighted by molar-refractivity contribution is 7.99. The molecule has 11 nitrogen and oxygen atoms in total. The summed E-state index contributed by atoms with van der Waals surface area (Å²) in [5, 5.41) is 12.4. The summed E-state index contributed by atoms with van der Waals surface area (Å²) < 4.78 is 13.7. The molecule has 2 aromatic carbocycles. The summed E-state index contributed by atoms with van der Waals surface area (Å²) in [5.74, 6) is -0.472. The van der Waals surface area contributed by atoms with Gasteiger partial charge in [-0.2, -0.15) is 0 Å². The molecule has 210 valence electrons. The van der Waals surface area contributed by atoms with Crippen LogP contribution in [0.2, 0.25) is 0 Å². The van der Waals surface area contributed by atoms with Crippen LogP contribution in [-0.4, -0.2) is 56.3 Å². The number of carbonyl (C=O) groups is 3. The number of esters is 1. The highest BCUT2D eigenvalue weighted by atomic mass is 32.2. The van der Waals surface area contributed by atoms with Gasteiger partial charge in [-0.1, -0.05) is 30.0 Å². The number of thiophene rings is 1. The fourth-order valence-electron chi connectivity index (χ4n) is 4.43. The number of nitrogens with zero attached hydrogens (tertiary/aromatic N) is 4. The number of fused-ring (bicyclic) bond motifs is 3. The van der Waals surface area contributed by atoms with E-state index >= 15 is 0 Å². The number of anilines is 1. The Balaban J connectivity index is 1.50. The van der Waals surface area contributed by atoms with E-state index in [0.29, 0.717) is 37.9 Å². The molecule has 0 saturated heterocycles. The molecule has 0 saturated carbocycles. The van der Waals surface area contributed by atoms with E-state index in [0.717, 1.165) is 23.1 Å². The second-order valence-electron chi connectivity index (χ2n) is 8.85. The standard InChI is InChI=1S/C28H25N5O6S2/c1-5-39-26(37)22-15(2)23(16(3)34)41-24(22)29-21(35)14-40-28-31-30-27-32(17-9-8-10-18(13-17)38-4)25(36)19-11-6-7-12-20(19)33(27)28/h6-13H,5,14H2,1-4H3,(H,29,35). The summed E-state index contributed by atoms with van der Waals surface area (Å²) in [6.07, 6.45) is 0. The van der Waals surface area contributed by atoms with E-state index in [1.54, 1.807) is 73.9 Å². The zero-order valence-corrected chi connectivity index (χ0v) is 24.2. The lowest BCUT2D eigenvalue weighted by Gasteiger charge is -2.12. The maximum Gasteiger partial charge on any atom is 0.341 e. The number of carbonyl (C=O) groups excluding carboxylic acids is 3. The number of Topliss-reactive ketones (excluding diaryl/α,β-unsaturated/α-hetero) is 1. The van der Waals surface area contributed by atoms with Gasteiger partial charge in [0.05, 0.1) is 46.5 Å². The van der Waals surface area contributed by atoms with Gasteiger partial charge < -0.3 is 14.8 Å². The molecule has 5 rings (SSSR count). The Kier molecular flexibility index (Phi) is 7.90. The SMILES string of the molecule is CCOC(=O)c1c(NC(=O)CSc2nnc3n(-c4cccc(OC)c4)c(=O)c4ccccc4n23)sc(C(C)=O)c1C. The van der Waals surface area contributed by atoms with Crippen molar-refractivity contribution >= 4 is 62.4 Å². The number of thioether (sulfide) groups is 1. The normalized spacial score (nSPS) is 11.1. The van der Waals surface area contributed by atoms with Crippen molar-refractivity contribution in [3.05, 3.63) is 74.9 Å². The Bertz CT molecular complexity index is 1890. The van der Waals surface area contributed by atoms with E-state index in [4.69, 9.17) is 9.47 Å². The molecule has 1 N–H and O–H groups in total. The van der Waals surface area contributed by atoms with Crippen LogP contribution in [0.3, 0.4) is 0 Å². The minimum atomic E-state index is -0.609. The third-order valence-corrected chi connectivity index (χ3v) is 8.47. The number of hydrogen-bond acceptors (Lipinski definition) is 10. The van der Waals surface area contributed by atoms with Crippen molar-refractivity contribution < 1.29 is 23.9 Å². The lowest BCUT2D eigenvalue weighted by Crippen LogP contribution is -2.22. The number of hydrogen-bond donors (Lipinski definition) is 1. The molecule has 13 heteroatoms.